The highest BCUT2D eigenvalue weighted by Crippen LogP contribution is 1.98. The summed E-state index contributed by atoms with van der Waals surface area (Å²) in [7, 11) is -0.184. The molecule has 0 spiro atoms. The van der Waals surface area contributed by atoms with Crippen LogP contribution in [0, 0.1) is 0 Å². The molecule has 3 heteroatoms. The van der Waals surface area contributed by atoms with Crippen molar-refractivity contribution in [2.24, 2.45) is 0 Å². The summed E-state index contributed by atoms with van der Waals surface area (Å²) in [5.41, 5.74) is 1.14. The lowest BCUT2D eigenvalue weighted by Crippen LogP contribution is -2.27. The molecule has 1 amide bonds. The summed E-state index contributed by atoms with van der Waals surface area (Å²) in [6.45, 7) is 0.630. The van der Waals surface area contributed by atoms with Crippen LogP contribution >= 0.6 is 0 Å². The fourth-order valence-corrected chi connectivity index (χ4v) is 1.28. The highest BCUT2D eigenvalue weighted by atomic mass is 32.2. The van der Waals surface area contributed by atoms with E-state index in [0.29, 0.717) is 6.54 Å². The average molecular weight is 196 g/mol. The van der Waals surface area contributed by atoms with Gasteiger partial charge in [-0.2, -0.15) is 0 Å². The van der Waals surface area contributed by atoms with Crippen LogP contribution in [-0.4, -0.2) is 17.8 Å². The first-order chi connectivity index (χ1) is 6.20. The largest absolute Gasteiger partial charge is 0.428 e. The highest BCUT2D eigenvalue weighted by Gasteiger charge is 2.15. The van der Waals surface area contributed by atoms with Crippen LogP contribution in [0.25, 0.3) is 0 Å². The lowest BCUT2D eigenvalue weighted by atomic mass is 10.2. The van der Waals surface area contributed by atoms with Crippen LogP contribution in [0.1, 0.15) is 5.56 Å². The van der Waals surface area contributed by atoms with Crippen LogP contribution in [0.5, 0.6) is 0 Å². The van der Waals surface area contributed by atoms with Gasteiger partial charge in [-0.25, -0.2) is 4.79 Å². The smallest absolute Gasteiger partial charge is 0.307 e. The predicted molar refractivity (Wildman–Crippen MR) is 57.9 cm³/mol. The van der Waals surface area contributed by atoms with Crippen LogP contribution < -0.4 is 5.32 Å². The Morgan fingerprint density at radius 2 is 1.92 bits per heavy atom. The molecule has 1 aromatic rings. The fourth-order valence-electron chi connectivity index (χ4n) is 0.914. The van der Waals surface area contributed by atoms with Crippen LogP contribution in [-0.2, 0) is 17.4 Å². The van der Waals surface area contributed by atoms with Crippen LogP contribution in [0.2, 0.25) is 0 Å². The lowest BCUT2D eigenvalue weighted by Gasteiger charge is -2.01. The Morgan fingerprint density at radius 1 is 1.31 bits per heavy atom. The molecule has 0 atom stereocenters. The third kappa shape index (κ3) is 3.51. The number of carbonyl (C=O) groups excluding carboxylic acids is 1. The van der Waals surface area contributed by atoms with E-state index in [2.05, 4.69) is 5.32 Å². The lowest BCUT2D eigenvalue weighted by molar-refractivity contribution is 0.260. The Morgan fingerprint density at radius 3 is 2.46 bits per heavy atom. The minimum atomic E-state index is -0.184. The first-order valence-electron chi connectivity index (χ1n) is 4.09. The normalized spacial score (nSPS) is 10.1. The molecule has 1 aromatic carbocycles. The third-order valence-corrected chi connectivity index (χ3v) is 2.54. The van der Waals surface area contributed by atoms with Crippen molar-refractivity contribution in [1.29, 1.82) is 0 Å². The molecule has 0 radical (unpaired) electrons. The molecule has 0 aliphatic rings. The molecular weight excluding hydrogens is 182 g/mol. The molecule has 0 saturated carbocycles. The van der Waals surface area contributed by atoms with E-state index in [9.17, 15) is 4.79 Å². The van der Waals surface area contributed by atoms with E-state index in [1.165, 1.54) is 0 Å². The fraction of sp³-hybridized carbons (Fsp3) is 0.300. The minimum absolute atomic E-state index is 0.129. The van der Waals surface area contributed by atoms with Gasteiger partial charge >= 0.3 is 5.24 Å². The summed E-state index contributed by atoms with van der Waals surface area (Å²) < 4.78 is 0. The first kappa shape index (κ1) is 10.1. The van der Waals surface area contributed by atoms with E-state index < -0.39 is 0 Å². The summed E-state index contributed by atoms with van der Waals surface area (Å²) in [5, 5.41) is 3.00. The van der Waals surface area contributed by atoms with Gasteiger partial charge in [-0.1, -0.05) is 30.3 Å². The molecule has 1 rings (SSSR count). The molecule has 0 fully saturated rings. The topological polar surface area (TPSA) is 29.1 Å². The van der Waals surface area contributed by atoms with Crippen molar-refractivity contribution < 1.29 is 4.79 Å². The third-order valence-electron chi connectivity index (χ3n) is 1.65. The van der Waals surface area contributed by atoms with Gasteiger partial charge in [0.25, 0.3) is 0 Å². The zero-order valence-electron chi connectivity index (χ0n) is 7.91. The maximum Gasteiger partial charge on any atom is 0.428 e. The Kier molecular flexibility index (Phi) is 3.83. The second-order valence-electron chi connectivity index (χ2n) is 2.94. The zero-order chi connectivity index (χ0) is 9.68. The molecular formula is C10H14NOS+. The summed E-state index contributed by atoms with van der Waals surface area (Å²) in [6, 6.07) is 9.92. The van der Waals surface area contributed by atoms with E-state index in [4.69, 9.17) is 0 Å². The molecule has 13 heavy (non-hydrogen) atoms. The SMILES string of the molecule is C[S+](C)C(=O)NCc1ccccc1. The van der Waals surface area contributed by atoms with Gasteiger partial charge in [-0.15, -0.1) is 0 Å². The van der Waals surface area contributed by atoms with Gasteiger partial charge in [0.1, 0.15) is 12.5 Å². The van der Waals surface area contributed by atoms with E-state index in [1.807, 2.05) is 42.8 Å². The average Bonchev–Trinajstić information content (AvgIpc) is 2.15. The van der Waals surface area contributed by atoms with E-state index in [-0.39, 0.29) is 16.1 Å². The van der Waals surface area contributed by atoms with E-state index in [0.717, 1.165) is 5.56 Å². The van der Waals surface area contributed by atoms with Gasteiger partial charge in [-0.05, 0) is 5.56 Å². The molecule has 0 saturated heterocycles. The zero-order valence-corrected chi connectivity index (χ0v) is 8.73. The number of nitrogens with one attached hydrogen (secondary N) is 1. The van der Waals surface area contributed by atoms with Crippen molar-refractivity contribution in [3.63, 3.8) is 0 Å². The number of rotatable bonds is 2. The molecule has 0 aliphatic heterocycles. The van der Waals surface area contributed by atoms with Crippen molar-refractivity contribution in [2.45, 2.75) is 6.54 Å². The van der Waals surface area contributed by atoms with Crippen molar-refractivity contribution in [2.75, 3.05) is 12.5 Å². The molecule has 0 unspecified atom stereocenters. The van der Waals surface area contributed by atoms with E-state index >= 15 is 0 Å². The summed E-state index contributed by atoms with van der Waals surface area (Å²) >= 11 is 0. The number of hydrogen-bond donors (Lipinski definition) is 1. The minimum Gasteiger partial charge on any atom is -0.307 e. The molecule has 0 aromatic heterocycles. The van der Waals surface area contributed by atoms with Crippen molar-refractivity contribution in [1.82, 2.24) is 5.32 Å². The number of benzene rings is 1. The Hall–Kier alpha value is -0.960. The second kappa shape index (κ2) is 4.92. The standard InChI is InChI=1S/C10H13NOS/c1-13(2)10(12)11-8-9-6-4-3-5-7-9/h3-7H,8H2,1-2H3/p+1. The van der Waals surface area contributed by atoms with Gasteiger partial charge in [0.15, 0.2) is 0 Å². The van der Waals surface area contributed by atoms with Crippen LogP contribution in [0.3, 0.4) is 0 Å². The predicted octanol–water partition coefficient (Wildman–Crippen LogP) is 1.77. The number of amides is 1. The van der Waals surface area contributed by atoms with Gasteiger partial charge in [0, 0.05) is 6.54 Å². The van der Waals surface area contributed by atoms with Crippen LogP contribution in [0.4, 0.5) is 4.79 Å². The van der Waals surface area contributed by atoms with Crippen molar-refractivity contribution in [3.8, 4) is 0 Å². The maximum absolute atomic E-state index is 11.2. The molecule has 2 nitrogen and oxygen atoms in total. The Labute approximate surface area is 81.7 Å². The van der Waals surface area contributed by atoms with Crippen molar-refractivity contribution >= 4 is 16.1 Å². The molecule has 70 valence electrons. The van der Waals surface area contributed by atoms with Crippen LogP contribution in [0.15, 0.2) is 30.3 Å². The number of hydrogen-bond acceptors (Lipinski definition) is 1. The number of carbonyl (C=O) groups is 1. The summed E-state index contributed by atoms with van der Waals surface area (Å²) in [4.78, 5) is 11.2. The van der Waals surface area contributed by atoms with Gasteiger partial charge < -0.3 is 5.32 Å². The van der Waals surface area contributed by atoms with Gasteiger partial charge in [0.2, 0.25) is 0 Å². The monoisotopic (exact) mass is 196 g/mol. The summed E-state index contributed by atoms with van der Waals surface area (Å²) in [6.07, 6.45) is 3.83. The molecule has 0 heterocycles. The first-order valence-corrected chi connectivity index (χ1v) is 6.13. The molecule has 0 aliphatic carbocycles. The van der Waals surface area contributed by atoms with Gasteiger partial charge in [0.05, 0.1) is 10.9 Å². The second-order valence-corrected chi connectivity index (χ2v) is 4.95. The van der Waals surface area contributed by atoms with Crippen molar-refractivity contribution in [3.05, 3.63) is 35.9 Å². The van der Waals surface area contributed by atoms with Gasteiger partial charge in [-0.3, -0.25) is 0 Å². The highest BCUT2D eigenvalue weighted by molar-refractivity contribution is 8.09. The molecule has 0 bridgehead atoms. The Bertz CT molecular complexity index is 272. The molecule has 1 N–H and O–H groups in total. The quantitative estimate of drug-likeness (QED) is 0.718. The Balaban J connectivity index is 2.40. The maximum atomic E-state index is 11.2. The van der Waals surface area contributed by atoms with E-state index in [1.54, 1.807) is 0 Å². The summed E-state index contributed by atoms with van der Waals surface area (Å²) in [5.74, 6) is 0.